The Kier molecular flexibility index (Phi) is 4.59. The zero-order valence-electron chi connectivity index (χ0n) is 10.6. The van der Waals surface area contributed by atoms with Gasteiger partial charge in [-0.15, -0.1) is 0 Å². The predicted molar refractivity (Wildman–Crippen MR) is 69.8 cm³/mol. The number of rotatable bonds is 4. The first-order chi connectivity index (χ1) is 8.78. The van der Waals surface area contributed by atoms with Crippen molar-refractivity contribution in [2.24, 2.45) is 5.92 Å². The Morgan fingerprint density at radius 3 is 2.83 bits per heavy atom. The molecule has 18 heavy (non-hydrogen) atoms. The molecule has 1 atom stereocenters. The van der Waals surface area contributed by atoms with E-state index in [9.17, 15) is 4.79 Å². The second-order valence-electron chi connectivity index (χ2n) is 4.56. The van der Waals surface area contributed by atoms with Crippen LogP contribution >= 0.6 is 0 Å². The van der Waals surface area contributed by atoms with Crippen molar-refractivity contribution in [3.63, 3.8) is 0 Å². The van der Waals surface area contributed by atoms with Gasteiger partial charge in [-0.1, -0.05) is 0 Å². The van der Waals surface area contributed by atoms with Gasteiger partial charge in [-0.05, 0) is 43.0 Å². The molecule has 0 spiro atoms. The van der Waals surface area contributed by atoms with Crippen molar-refractivity contribution < 1.29 is 14.3 Å². The molecule has 1 aromatic carbocycles. The number of hydrogen-bond acceptors (Lipinski definition) is 3. The molecule has 1 amide bonds. The summed E-state index contributed by atoms with van der Waals surface area (Å²) in [5.41, 5.74) is 0.803. The SMILES string of the molecule is COc1ccc(NC(=O)CC2CCCOC2)cc1. The molecule has 1 aliphatic heterocycles. The first-order valence-electron chi connectivity index (χ1n) is 6.29. The van der Waals surface area contributed by atoms with Crippen molar-refractivity contribution in [1.29, 1.82) is 0 Å². The van der Waals surface area contributed by atoms with Gasteiger partial charge < -0.3 is 14.8 Å². The molecule has 1 saturated heterocycles. The number of ether oxygens (including phenoxy) is 2. The Morgan fingerprint density at radius 1 is 1.44 bits per heavy atom. The lowest BCUT2D eigenvalue weighted by Crippen LogP contribution is -2.23. The minimum atomic E-state index is 0.0515. The van der Waals surface area contributed by atoms with E-state index < -0.39 is 0 Å². The van der Waals surface area contributed by atoms with E-state index in [2.05, 4.69) is 5.32 Å². The van der Waals surface area contributed by atoms with Gasteiger partial charge in [0.05, 0.1) is 7.11 Å². The van der Waals surface area contributed by atoms with E-state index in [1.807, 2.05) is 24.3 Å². The number of amides is 1. The smallest absolute Gasteiger partial charge is 0.224 e. The first-order valence-corrected chi connectivity index (χ1v) is 6.29. The van der Waals surface area contributed by atoms with Crippen molar-refractivity contribution in [3.05, 3.63) is 24.3 Å². The number of hydrogen-bond donors (Lipinski definition) is 1. The molecule has 0 radical (unpaired) electrons. The quantitative estimate of drug-likeness (QED) is 0.891. The highest BCUT2D eigenvalue weighted by atomic mass is 16.5. The second-order valence-corrected chi connectivity index (χ2v) is 4.56. The fourth-order valence-corrected chi connectivity index (χ4v) is 2.12. The Morgan fingerprint density at radius 2 is 2.22 bits per heavy atom. The summed E-state index contributed by atoms with van der Waals surface area (Å²) >= 11 is 0. The van der Waals surface area contributed by atoms with Crippen LogP contribution in [0.4, 0.5) is 5.69 Å². The van der Waals surface area contributed by atoms with Crippen LogP contribution < -0.4 is 10.1 Å². The monoisotopic (exact) mass is 249 g/mol. The molecule has 4 nitrogen and oxygen atoms in total. The average molecular weight is 249 g/mol. The van der Waals surface area contributed by atoms with E-state index in [0.717, 1.165) is 30.9 Å². The van der Waals surface area contributed by atoms with Gasteiger partial charge >= 0.3 is 0 Å². The predicted octanol–water partition coefficient (Wildman–Crippen LogP) is 2.45. The van der Waals surface area contributed by atoms with Crippen molar-refractivity contribution in [1.82, 2.24) is 0 Å². The topological polar surface area (TPSA) is 47.6 Å². The summed E-state index contributed by atoms with van der Waals surface area (Å²) in [7, 11) is 1.62. The summed E-state index contributed by atoms with van der Waals surface area (Å²) in [6.45, 7) is 1.53. The molecule has 4 heteroatoms. The molecule has 1 heterocycles. The molecule has 0 saturated carbocycles. The molecule has 0 aromatic heterocycles. The van der Waals surface area contributed by atoms with Crippen LogP contribution in [0.3, 0.4) is 0 Å². The summed E-state index contributed by atoms with van der Waals surface area (Å²) in [5, 5.41) is 2.89. The van der Waals surface area contributed by atoms with Gasteiger partial charge in [0.15, 0.2) is 0 Å². The molecule has 0 bridgehead atoms. The molecule has 1 aliphatic rings. The third-order valence-electron chi connectivity index (χ3n) is 3.10. The summed E-state index contributed by atoms with van der Waals surface area (Å²) in [4.78, 5) is 11.8. The Bertz CT molecular complexity index is 383. The average Bonchev–Trinajstić information content (AvgIpc) is 2.40. The molecule has 1 fully saturated rings. The normalized spacial score (nSPS) is 19.3. The Balaban J connectivity index is 1.82. The van der Waals surface area contributed by atoms with Crippen molar-refractivity contribution in [2.75, 3.05) is 25.6 Å². The second kappa shape index (κ2) is 6.40. The molecular formula is C14H19NO3. The highest BCUT2D eigenvalue weighted by Gasteiger charge is 2.17. The number of benzene rings is 1. The zero-order valence-corrected chi connectivity index (χ0v) is 10.6. The third kappa shape index (κ3) is 3.74. The van der Waals surface area contributed by atoms with E-state index in [4.69, 9.17) is 9.47 Å². The third-order valence-corrected chi connectivity index (χ3v) is 3.10. The Hall–Kier alpha value is -1.55. The lowest BCUT2D eigenvalue weighted by molar-refractivity contribution is -0.118. The van der Waals surface area contributed by atoms with Gasteiger partial charge in [-0.25, -0.2) is 0 Å². The van der Waals surface area contributed by atoms with Crippen LogP contribution in [-0.2, 0) is 9.53 Å². The largest absolute Gasteiger partial charge is 0.497 e. The van der Waals surface area contributed by atoms with Crippen LogP contribution in [0.5, 0.6) is 5.75 Å². The highest BCUT2D eigenvalue weighted by molar-refractivity contribution is 5.90. The fourth-order valence-electron chi connectivity index (χ4n) is 2.12. The van der Waals surface area contributed by atoms with Crippen LogP contribution in [0.1, 0.15) is 19.3 Å². The van der Waals surface area contributed by atoms with Crippen LogP contribution in [-0.4, -0.2) is 26.2 Å². The minimum Gasteiger partial charge on any atom is -0.497 e. The fraction of sp³-hybridized carbons (Fsp3) is 0.500. The number of carbonyl (C=O) groups is 1. The van der Waals surface area contributed by atoms with Crippen molar-refractivity contribution >= 4 is 11.6 Å². The van der Waals surface area contributed by atoms with Gasteiger partial charge in [0.1, 0.15) is 5.75 Å². The molecule has 98 valence electrons. The van der Waals surface area contributed by atoms with Crippen LogP contribution in [0.2, 0.25) is 0 Å². The maximum atomic E-state index is 11.8. The minimum absolute atomic E-state index is 0.0515. The van der Waals surface area contributed by atoms with Gasteiger partial charge in [-0.2, -0.15) is 0 Å². The molecular weight excluding hydrogens is 230 g/mol. The summed E-state index contributed by atoms with van der Waals surface area (Å²) in [5.74, 6) is 1.20. The number of anilines is 1. The number of methoxy groups -OCH3 is 1. The van der Waals surface area contributed by atoms with Crippen LogP contribution in [0.25, 0.3) is 0 Å². The van der Waals surface area contributed by atoms with Gasteiger partial charge in [-0.3, -0.25) is 4.79 Å². The lowest BCUT2D eigenvalue weighted by atomic mass is 9.98. The molecule has 1 aromatic rings. The number of carbonyl (C=O) groups excluding carboxylic acids is 1. The lowest BCUT2D eigenvalue weighted by Gasteiger charge is -2.21. The van der Waals surface area contributed by atoms with Gasteiger partial charge in [0.2, 0.25) is 5.91 Å². The maximum Gasteiger partial charge on any atom is 0.224 e. The zero-order chi connectivity index (χ0) is 12.8. The highest BCUT2D eigenvalue weighted by Crippen LogP contribution is 2.19. The number of nitrogens with one attached hydrogen (secondary N) is 1. The van der Waals surface area contributed by atoms with Crippen LogP contribution in [0, 0.1) is 5.92 Å². The van der Waals surface area contributed by atoms with E-state index in [1.165, 1.54) is 0 Å². The van der Waals surface area contributed by atoms with E-state index >= 15 is 0 Å². The standard InChI is InChI=1S/C14H19NO3/c1-17-13-6-4-12(5-7-13)15-14(16)9-11-3-2-8-18-10-11/h4-7,11H,2-3,8-10H2,1H3,(H,15,16). The molecule has 1 N–H and O–H groups in total. The van der Waals surface area contributed by atoms with Gasteiger partial charge in [0, 0.05) is 25.3 Å². The maximum absolute atomic E-state index is 11.8. The van der Waals surface area contributed by atoms with Crippen LogP contribution in [0.15, 0.2) is 24.3 Å². The van der Waals surface area contributed by atoms with Crippen molar-refractivity contribution in [3.8, 4) is 5.75 Å². The van der Waals surface area contributed by atoms with Crippen molar-refractivity contribution in [2.45, 2.75) is 19.3 Å². The first kappa shape index (κ1) is 12.9. The Labute approximate surface area is 107 Å². The summed E-state index contributed by atoms with van der Waals surface area (Å²) < 4.78 is 10.4. The molecule has 2 rings (SSSR count). The van der Waals surface area contributed by atoms with E-state index in [1.54, 1.807) is 7.11 Å². The summed E-state index contributed by atoms with van der Waals surface area (Å²) in [6.07, 6.45) is 2.67. The van der Waals surface area contributed by atoms with Gasteiger partial charge in [0.25, 0.3) is 0 Å². The van der Waals surface area contributed by atoms with E-state index in [0.29, 0.717) is 18.9 Å². The molecule has 0 aliphatic carbocycles. The molecule has 1 unspecified atom stereocenters. The summed E-state index contributed by atoms with van der Waals surface area (Å²) in [6, 6.07) is 7.35. The van der Waals surface area contributed by atoms with E-state index in [-0.39, 0.29) is 5.91 Å².